The number of amides is 2. The van der Waals surface area contributed by atoms with E-state index in [1.807, 2.05) is 0 Å². The molecule has 0 aliphatic heterocycles. The lowest BCUT2D eigenvalue weighted by Crippen LogP contribution is -2.35. The van der Waals surface area contributed by atoms with Crippen molar-refractivity contribution in [3.63, 3.8) is 0 Å². The second-order valence-electron chi connectivity index (χ2n) is 6.11. The SMILES string of the molecule is CNC(=O)c1ccc(NC(=O)c2ccc(S(=O)(=O)N[C@H](C)COC)cc2)cc1. The number of carbonyl (C=O) groups excluding carboxylic acids is 2. The Hall–Kier alpha value is -2.75. The second kappa shape index (κ2) is 9.45. The highest BCUT2D eigenvalue weighted by Crippen LogP contribution is 2.14. The fraction of sp³-hybridized carbons (Fsp3) is 0.263. The summed E-state index contributed by atoms with van der Waals surface area (Å²) in [5, 5.41) is 5.21. The number of ether oxygens (including phenoxy) is 1. The van der Waals surface area contributed by atoms with Crippen molar-refractivity contribution in [1.82, 2.24) is 10.0 Å². The Morgan fingerprint density at radius 3 is 2.04 bits per heavy atom. The number of nitrogens with one attached hydrogen (secondary N) is 3. The lowest BCUT2D eigenvalue weighted by atomic mass is 10.1. The van der Waals surface area contributed by atoms with E-state index >= 15 is 0 Å². The van der Waals surface area contributed by atoms with Crippen molar-refractivity contribution in [2.45, 2.75) is 17.9 Å². The van der Waals surface area contributed by atoms with Crippen molar-refractivity contribution in [2.24, 2.45) is 0 Å². The summed E-state index contributed by atoms with van der Waals surface area (Å²) in [6, 6.07) is 11.6. The first-order valence-electron chi connectivity index (χ1n) is 8.51. The van der Waals surface area contributed by atoms with Gasteiger partial charge in [0.2, 0.25) is 10.0 Å². The van der Waals surface area contributed by atoms with Crippen LogP contribution >= 0.6 is 0 Å². The van der Waals surface area contributed by atoms with Crippen LogP contribution in [0.25, 0.3) is 0 Å². The van der Waals surface area contributed by atoms with Gasteiger partial charge < -0.3 is 15.4 Å². The Balaban J connectivity index is 2.06. The molecule has 2 rings (SSSR count). The van der Waals surface area contributed by atoms with Crippen LogP contribution < -0.4 is 15.4 Å². The maximum atomic E-state index is 12.3. The van der Waals surface area contributed by atoms with Gasteiger partial charge in [-0.25, -0.2) is 13.1 Å². The smallest absolute Gasteiger partial charge is 0.255 e. The molecule has 0 unspecified atom stereocenters. The zero-order valence-electron chi connectivity index (χ0n) is 15.9. The normalized spacial score (nSPS) is 12.2. The quantitative estimate of drug-likeness (QED) is 0.617. The number of hydrogen-bond acceptors (Lipinski definition) is 5. The van der Waals surface area contributed by atoms with Crippen LogP contribution in [0.1, 0.15) is 27.6 Å². The first kappa shape index (κ1) is 21.5. The molecule has 1 atom stereocenters. The minimum Gasteiger partial charge on any atom is -0.383 e. The second-order valence-corrected chi connectivity index (χ2v) is 7.83. The molecular weight excluding hydrogens is 382 g/mol. The van der Waals surface area contributed by atoms with Gasteiger partial charge in [-0.2, -0.15) is 0 Å². The number of sulfonamides is 1. The molecule has 2 amide bonds. The number of benzene rings is 2. The molecule has 28 heavy (non-hydrogen) atoms. The minimum absolute atomic E-state index is 0.0573. The molecule has 0 saturated heterocycles. The third kappa shape index (κ3) is 5.62. The van der Waals surface area contributed by atoms with E-state index in [2.05, 4.69) is 15.4 Å². The van der Waals surface area contributed by atoms with Gasteiger partial charge in [-0.3, -0.25) is 9.59 Å². The van der Waals surface area contributed by atoms with Crippen LogP contribution in [0.2, 0.25) is 0 Å². The third-order valence-electron chi connectivity index (χ3n) is 3.83. The first-order chi connectivity index (χ1) is 13.3. The standard InChI is InChI=1S/C19H23N3O5S/c1-13(12-27-3)22-28(25,26)17-10-6-15(7-11-17)19(24)21-16-8-4-14(5-9-16)18(23)20-2/h4-11,13,22H,12H2,1-3H3,(H,20,23)(H,21,24)/t13-/m1/s1. The predicted molar refractivity (Wildman–Crippen MR) is 106 cm³/mol. The number of carbonyl (C=O) groups is 2. The fourth-order valence-electron chi connectivity index (χ4n) is 2.45. The molecule has 150 valence electrons. The first-order valence-corrected chi connectivity index (χ1v) is 10.00. The molecule has 2 aromatic rings. The van der Waals surface area contributed by atoms with E-state index in [1.54, 1.807) is 31.2 Å². The molecule has 8 nitrogen and oxygen atoms in total. The maximum absolute atomic E-state index is 12.3. The van der Waals surface area contributed by atoms with Crippen LogP contribution in [-0.4, -0.2) is 47.0 Å². The van der Waals surface area contributed by atoms with Gasteiger partial charge in [-0.05, 0) is 55.5 Å². The molecule has 0 heterocycles. The molecule has 0 fully saturated rings. The predicted octanol–water partition coefficient (Wildman–Crippen LogP) is 1.61. The summed E-state index contributed by atoms with van der Waals surface area (Å²) in [6.07, 6.45) is 0. The average Bonchev–Trinajstić information content (AvgIpc) is 2.67. The lowest BCUT2D eigenvalue weighted by Gasteiger charge is -2.13. The van der Waals surface area contributed by atoms with Crippen LogP contribution in [-0.2, 0) is 14.8 Å². The van der Waals surface area contributed by atoms with Gasteiger partial charge in [0.05, 0.1) is 11.5 Å². The van der Waals surface area contributed by atoms with Gasteiger partial charge in [0, 0.05) is 37.0 Å². The molecule has 0 aliphatic carbocycles. The molecular formula is C19H23N3O5S. The summed E-state index contributed by atoms with van der Waals surface area (Å²) in [7, 11) is -0.670. The Morgan fingerprint density at radius 1 is 0.964 bits per heavy atom. The van der Waals surface area contributed by atoms with Crippen molar-refractivity contribution in [1.29, 1.82) is 0 Å². The van der Waals surface area contributed by atoms with Gasteiger partial charge in [0.1, 0.15) is 0 Å². The highest BCUT2D eigenvalue weighted by Gasteiger charge is 2.18. The fourth-order valence-corrected chi connectivity index (χ4v) is 3.68. The summed E-state index contributed by atoms with van der Waals surface area (Å²) in [4.78, 5) is 23.9. The number of hydrogen-bond donors (Lipinski definition) is 3. The van der Waals surface area contributed by atoms with Crippen molar-refractivity contribution >= 4 is 27.5 Å². The van der Waals surface area contributed by atoms with Crippen LogP contribution in [0, 0.1) is 0 Å². The highest BCUT2D eigenvalue weighted by molar-refractivity contribution is 7.89. The molecule has 3 N–H and O–H groups in total. The van der Waals surface area contributed by atoms with Crippen LogP contribution in [0.4, 0.5) is 5.69 Å². The van der Waals surface area contributed by atoms with E-state index in [9.17, 15) is 18.0 Å². The van der Waals surface area contributed by atoms with Crippen molar-refractivity contribution < 1.29 is 22.7 Å². The van der Waals surface area contributed by atoms with E-state index < -0.39 is 15.9 Å². The van der Waals surface area contributed by atoms with Crippen molar-refractivity contribution in [3.8, 4) is 0 Å². The molecule has 0 aromatic heterocycles. The lowest BCUT2D eigenvalue weighted by molar-refractivity contribution is 0.0962. The van der Waals surface area contributed by atoms with E-state index in [0.717, 1.165) is 0 Å². The van der Waals surface area contributed by atoms with Crippen molar-refractivity contribution in [3.05, 3.63) is 59.7 Å². The van der Waals surface area contributed by atoms with Gasteiger partial charge in [-0.1, -0.05) is 0 Å². The van der Waals surface area contributed by atoms with Crippen molar-refractivity contribution in [2.75, 3.05) is 26.1 Å². The Bertz CT molecular complexity index is 925. The summed E-state index contributed by atoms with van der Waals surface area (Å²) in [5.74, 6) is -0.611. The molecule has 0 aliphatic rings. The average molecular weight is 405 g/mol. The van der Waals surface area contributed by atoms with Crippen LogP contribution in [0.5, 0.6) is 0 Å². The van der Waals surface area contributed by atoms with Crippen LogP contribution in [0.3, 0.4) is 0 Å². The highest BCUT2D eigenvalue weighted by atomic mass is 32.2. The summed E-state index contributed by atoms with van der Waals surface area (Å²) in [6.45, 7) is 1.94. The number of methoxy groups -OCH3 is 1. The molecule has 0 spiro atoms. The minimum atomic E-state index is -3.70. The monoisotopic (exact) mass is 405 g/mol. The summed E-state index contributed by atoms with van der Waals surface area (Å²) >= 11 is 0. The number of anilines is 1. The zero-order valence-corrected chi connectivity index (χ0v) is 16.7. The Morgan fingerprint density at radius 2 is 1.50 bits per heavy atom. The van der Waals surface area contributed by atoms with Gasteiger partial charge in [0.15, 0.2) is 0 Å². The van der Waals surface area contributed by atoms with Crippen LogP contribution in [0.15, 0.2) is 53.4 Å². The third-order valence-corrected chi connectivity index (χ3v) is 5.44. The van der Waals surface area contributed by atoms with Gasteiger partial charge in [0.25, 0.3) is 11.8 Å². The summed E-state index contributed by atoms with van der Waals surface area (Å²) < 4.78 is 32.0. The Labute approximate surface area is 164 Å². The van der Waals surface area contributed by atoms with E-state index in [1.165, 1.54) is 38.4 Å². The van der Waals surface area contributed by atoms with Gasteiger partial charge in [-0.15, -0.1) is 0 Å². The molecule has 2 aromatic carbocycles. The zero-order chi connectivity index (χ0) is 20.7. The molecule has 0 radical (unpaired) electrons. The Kier molecular flexibility index (Phi) is 7.27. The molecule has 0 saturated carbocycles. The maximum Gasteiger partial charge on any atom is 0.255 e. The molecule has 9 heteroatoms. The molecule has 0 bridgehead atoms. The van der Waals surface area contributed by atoms with E-state index in [4.69, 9.17) is 4.74 Å². The van der Waals surface area contributed by atoms with E-state index in [0.29, 0.717) is 16.8 Å². The van der Waals surface area contributed by atoms with Gasteiger partial charge >= 0.3 is 0 Å². The largest absolute Gasteiger partial charge is 0.383 e. The summed E-state index contributed by atoms with van der Waals surface area (Å²) in [5.41, 5.74) is 1.30. The van der Waals surface area contributed by atoms with E-state index in [-0.39, 0.29) is 23.5 Å². The topological polar surface area (TPSA) is 114 Å². The number of rotatable bonds is 8.